The molecule has 1 fully saturated rings. The molecule has 0 aromatic heterocycles. The lowest BCUT2D eigenvalue weighted by Crippen LogP contribution is -2.36. The molecule has 2 amide bonds. The normalized spacial score (nSPS) is 19.8. The molecular weight excluding hydrogens is 309 g/mol. The number of likely N-dealkylation sites (N-methyl/N-ethyl adjacent to an activating group) is 1. The predicted octanol–water partition coefficient (Wildman–Crippen LogP) is 2.55. The number of alkyl halides is 3. The summed E-state index contributed by atoms with van der Waals surface area (Å²) in [6, 6.07) is 4.64. The number of likely N-dealkylation sites (tertiary alicyclic amines) is 1. The molecule has 0 spiro atoms. The van der Waals surface area contributed by atoms with E-state index < -0.39 is 11.7 Å². The van der Waals surface area contributed by atoms with E-state index in [2.05, 4.69) is 5.32 Å². The summed E-state index contributed by atoms with van der Waals surface area (Å²) in [7, 11) is 1.68. The molecule has 0 saturated carbocycles. The van der Waals surface area contributed by atoms with Gasteiger partial charge in [-0.25, -0.2) is 0 Å². The average molecular weight is 328 g/mol. The van der Waals surface area contributed by atoms with Crippen LogP contribution in [-0.2, 0) is 15.8 Å². The maximum Gasteiger partial charge on any atom is 0.416 e. The Hall–Kier alpha value is -2.05. The van der Waals surface area contributed by atoms with Crippen LogP contribution in [0.25, 0.3) is 0 Å². The van der Waals surface area contributed by atoms with Crippen molar-refractivity contribution in [2.24, 2.45) is 0 Å². The summed E-state index contributed by atoms with van der Waals surface area (Å²) in [4.78, 5) is 25.0. The maximum atomic E-state index is 12.5. The van der Waals surface area contributed by atoms with Gasteiger partial charge < -0.3 is 10.2 Å². The van der Waals surface area contributed by atoms with Crippen molar-refractivity contribution in [2.75, 3.05) is 13.6 Å². The van der Waals surface area contributed by atoms with E-state index in [4.69, 9.17) is 0 Å². The van der Waals surface area contributed by atoms with Gasteiger partial charge in [-0.15, -0.1) is 0 Å². The molecular formula is C16H19F3N2O2. The Kier molecular flexibility index (Phi) is 4.97. The lowest BCUT2D eigenvalue weighted by atomic mass is 9.96. The van der Waals surface area contributed by atoms with E-state index in [9.17, 15) is 22.8 Å². The highest BCUT2D eigenvalue weighted by molar-refractivity contribution is 5.82. The zero-order chi connectivity index (χ0) is 17.2. The Morgan fingerprint density at radius 2 is 1.96 bits per heavy atom. The molecule has 1 aliphatic rings. The topological polar surface area (TPSA) is 49.4 Å². The molecule has 1 aliphatic heterocycles. The van der Waals surface area contributed by atoms with Crippen LogP contribution in [-0.4, -0.2) is 36.3 Å². The smallest absolute Gasteiger partial charge is 0.351 e. The van der Waals surface area contributed by atoms with Gasteiger partial charge in [0.25, 0.3) is 0 Å². The summed E-state index contributed by atoms with van der Waals surface area (Å²) in [5.41, 5.74) is -0.0295. The van der Waals surface area contributed by atoms with Crippen molar-refractivity contribution in [1.29, 1.82) is 0 Å². The van der Waals surface area contributed by atoms with Crippen molar-refractivity contribution >= 4 is 11.8 Å². The number of halogens is 3. The average Bonchev–Trinajstić information content (AvgIpc) is 2.76. The van der Waals surface area contributed by atoms with Gasteiger partial charge in [-0.2, -0.15) is 13.2 Å². The van der Waals surface area contributed by atoms with Crippen LogP contribution in [0.5, 0.6) is 0 Å². The molecule has 126 valence electrons. The van der Waals surface area contributed by atoms with Crippen molar-refractivity contribution in [3.63, 3.8) is 0 Å². The minimum absolute atomic E-state index is 0.00825. The minimum Gasteiger partial charge on any atom is -0.351 e. The largest absolute Gasteiger partial charge is 0.416 e. The fourth-order valence-electron chi connectivity index (χ4n) is 2.64. The van der Waals surface area contributed by atoms with Gasteiger partial charge in [-0.1, -0.05) is 19.1 Å². The fraction of sp³-hybridized carbons (Fsp3) is 0.500. The Morgan fingerprint density at radius 1 is 1.35 bits per heavy atom. The van der Waals surface area contributed by atoms with Crippen molar-refractivity contribution in [1.82, 2.24) is 10.2 Å². The number of nitrogens with zero attached hydrogens (tertiary/aromatic N) is 1. The highest BCUT2D eigenvalue weighted by Gasteiger charge is 2.30. The molecule has 1 aromatic rings. The third kappa shape index (κ3) is 4.46. The third-order valence-corrected chi connectivity index (χ3v) is 4.00. The third-order valence-electron chi connectivity index (χ3n) is 4.00. The van der Waals surface area contributed by atoms with Crippen LogP contribution < -0.4 is 5.32 Å². The summed E-state index contributed by atoms with van der Waals surface area (Å²) in [5, 5.41) is 2.79. The van der Waals surface area contributed by atoms with Gasteiger partial charge >= 0.3 is 6.18 Å². The van der Waals surface area contributed by atoms with Crippen molar-refractivity contribution in [2.45, 2.75) is 37.9 Å². The molecule has 1 N–H and O–H groups in total. The summed E-state index contributed by atoms with van der Waals surface area (Å²) in [5.74, 6) is -0.413. The molecule has 2 atom stereocenters. The van der Waals surface area contributed by atoms with E-state index in [0.29, 0.717) is 12.1 Å². The van der Waals surface area contributed by atoms with Crippen LogP contribution in [0.2, 0.25) is 0 Å². The minimum atomic E-state index is -4.36. The van der Waals surface area contributed by atoms with Crippen LogP contribution >= 0.6 is 0 Å². The highest BCUT2D eigenvalue weighted by Crippen LogP contribution is 2.30. The van der Waals surface area contributed by atoms with Crippen molar-refractivity contribution in [3.05, 3.63) is 35.4 Å². The molecule has 0 unspecified atom stereocenters. The quantitative estimate of drug-likeness (QED) is 0.923. The molecule has 0 bridgehead atoms. The number of rotatable bonds is 4. The van der Waals surface area contributed by atoms with E-state index in [-0.39, 0.29) is 36.6 Å². The Morgan fingerprint density at radius 3 is 2.43 bits per heavy atom. The van der Waals surface area contributed by atoms with Crippen LogP contribution in [0.15, 0.2) is 24.3 Å². The first kappa shape index (κ1) is 17.3. The number of amides is 2. The standard InChI is InChI=1S/C16H19F3N2O2/c1-10(11-3-5-12(6-4-11)16(17,18)19)7-14(22)20-13-8-15(23)21(2)9-13/h3-6,10,13H,7-9H2,1-2H3,(H,20,22)/t10-,13+/m0/s1. The van der Waals surface area contributed by atoms with Gasteiger partial charge in [0, 0.05) is 26.4 Å². The second-order valence-corrected chi connectivity index (χ2v) is 5.97. The number of hydrogen-bond donors (Lipinski definition) is 1. The summed E-state index contributed by atoms with van der Waals surface area (Å²) >= 11 is 0. The molecule has 7 heteroatoms. The van der Waals surface area contributed by atoms with Gasteiger partial charge in [0.2, 0.25) is 11.8 Å². The Balaban J connectivity index is 1.90. The van der Waals surface area contributed by atoms with Gasteiger partial charge in [0.05, 0.1) is 11.6 Å². The summed E-state index contributed by atoms with van der Waals surface area (Å²) in [6.45, 7) is 2.27. The summed E-state index contributed by atoms with van der Waals surface area (Å²) in [6.07, 6.45) is -3.91. The van der Waals surface area contributed by atoms with Crippen LogP contribution in [0.4, 0.5) is 13.2 Å². The molecule has 23 heavy (non-hydrogen) atoms. The molecule has 1 aromatic carbocycles. The van der Waals surface area contributed by atoms with Gasteiger partial charge in [-0.3, -0.25) is 9.59 Å². The molecule has 0 aliphatic carbocycles. The maximum absolute atomic E-state index is 12.5. The van der Waals surface area contributed by atoms with E-state index in [1.807, 2.05) is 0 Å². The highest BCUT2D eigenvalue weighted by atomic mass is 19.4. The Labute approximate surface area is 132 Å². The number of benzene rings is 1. The van der Waals surface area contributed by atoms with E-state index >= 15 is 0 Å². The monoisotopic (exact) mass is 328 g/mol. The van der Waals surface area contributed by atoms with Gasteiger partial charge in [0.1, 0.15) is 0 Å². The lowest BCUT2D eigenvalue weighted by Gasteiger charge is -2.16. The van der Waals surface area contributed by atoms with Crippen molar-refractivity contribution < 1.29 is 22.8 Å². The van der Waals surface area contributed by atoms with Gasteiger partial charge in [0.15, 0.2) is 0 Å². The molecule has 2 rings (SSSR count). The second-order valence-electron chi connectivity index (χ2n) is 5.97. The number of carbonyl (C=O) groups excluding carboxylic acids is 2. The number of carbonyl (C=O) groups is 2. The first-order chi connectivity index (χ1) is 10.7. The van der Waals surface area contributed by atoms with Crippen LogP contribution in [0.3, 0.4) is 0 Å². The number of nitrogens with one attached hydrogen (secondary N) is 1. The van der Waals surface area contributed by atoms with E-state index in [1.165, 1.54) is 12.1 Å². The first-order valence-electron chi connectivity index (χ1n) is 7.37. The van der Waals surface area contributed by atoms with Crippen LogP contribution in [0.1, 0.15) is 36.8 Å². The molecule has 1 saturated heterocycles. The summed E-state index contributed by atoms with van der Waals surface area (Å²) < 4.78 is 37.6. The zero-order valence-corrected chi connectivity index (χ0v) is 13.0. The zero-order valence-electron chi connectivity index (χ0n) is 13.0. The second kappa shape index (κ2) is 6.60. The Bertz CT molecular complexity index is 584. The first-order valence-corrected chi connectivity index (χ1v) is 7.37. The molecule has 4 nitrogen and oxygen atoms in total. The molecule has 1 heterocycles. The number of hydrogen-bond acceptors (Lipinski definition) is 2. The predicted molar refractivity (Wildman–Crippen MR) is 78.7 cm³/mol. The van der Waals surface area contributed by atoms with Gasteiger partial charge in [-0.05, 0) is 23.6 Å². The SMILES string of the molecule is C[C@@H](CC(=O)N[C@@H]1CC(=O)N(C)C1)c1ccc(C(F)(F)F)cc1. The van der Waals surface area contributed by atoms with Crippen LogP contribution in [0, 0.1) is 0 Å². The fourth-order valence-corrected chi connectivity index (χ4v) is 2.64. The van der Waals surface area contributed by atoms with Crippen molar-refractivity contribution in [3.8, 4) is 0 Å². The van der Waals surface area contributed by atoms with E-state index in [1.54, 1.807) is 18.9 Å². The molecule has 0 radical (unpaired) electrons. The lowest BCUT2D eigenvalue weighted by molar-refractivity contribution is -0.137. The van der Waals surface area contributed by atoms with E-state index in [0.717, 1.165) is 12.1 Å².